The predicted octanol–water partition coefficient (Wildman–Crippen LogP) is 0.993. The van der Waals surface area contributed by atoms with Gasteiger partial charge in [0.1, 0.15) is 10.7 Å². The molecule has 2 heterocycles. The molecule has 22 heavy (non-hydrogen) atoms. The molecule has 0 spiro atoms. The molecule has 118 valence electrons. The van der Waals surface area contributed by atoms with Gasteiger partial charge in [-0.05, 0) is 31.9 Å². The number of thiophene rings is 1. The highest BCUT2D eigenvalue weighted by Crippen LogP contribution is 2.34. The SMILES string of the molecule is CN(CC(=O)N(C)C)Cc1nc2sc3c(c2c(=O)[nH]1)CCC3. The zero-order chi connectivity index (χ0) is 15.9. The first-order valence-corrected chi connectivity index (χ1v) is 8.19. The molecule has 0 saturated heterocycles. The van der Waals surface area contributed by atoms with Gasteiger partial charge in [0.2, 0.25) is 5.91 Å². The number of carbonyl (C=O) groups is 1. The van der Waals surface area contributed by atoms with E-state index in [9.17, 15) is 9.59 Å². The highest BCUT2D eigenvalue weighted by atomic mass is 32.1. The van der Waals surface area contributed by atoms with Crippen LogP contribution in [0.1, 0.15) is 22.7 Å². The van der Waals surface area contributed by atoms with Crippen LogP contribution in [-0.2, 0) is 24.2 Å². The number of nitrogens with zero attached hydrogens (tertiary/aromatic N) is 3. The molecule has 0 unspecified atom stereocenters. The Labute approximate surface area is 132 Å². The number of hydrogen-bond donors (Lipinski definition) is 1. The molecule has 0 radical (unpaired) electrons. The van der Waals surface area contributed by atoms with E-state index in [0.29, 0.717) is 18.9 Å². The molecular weight excluding hydrogens is 300 g/mol. The Kier molecular flexibility index (Phi) is 4.01. The number of hydrogen-bond acceptors (Lipinski definition) is 5. The summed E-state index contributed by atoms with van der Waals surface area (Å²) in [5.41, 5.74) is 1.14. The Morgan fingerprint density at radius 2 is 2.09 bits per heavy atom. The number of H-pyrrole nitrogens is 1. The zero-order valence-electron chi connectivity index (χ0n) is 13.1. The summed E-state index contributed by atoms with van der Waals surface area (Å²) < 4.78 is 0. The average molecular weight is 320 g/mol. The number of fused-ring (bicyclic) bond motifs is 3. The standard InChI is InChI=1S/C15H20N4O2S/c1-18(2)12(20)8-19(3)7-11-16-14(21)13-9-5-4-6-10(9)22-15(13)17-11/h4-8H2,1-3H3,(H,16,17,21). The van der Waals surface area contributed by atoms with Crippen molar-refractivity contribution < 1.29 is 4.79 Å². The summed E-state index contributed by atoms with van der Waals surface area (Å²) in [5, 5.41) is 0.772. The Morgan fingerprint density at radius 3 is 2.82 bits per heavy atom. The van der Waals surface area contributed by atoms with Gasteiger partial charge in [-0.3, -0.25) is 14.5 Å². The summed E-state index contributed by atoms with van der Waals surface area (Å²) in [6, 6.07) is 0. The molecule has 1 N–H and O–H groups in total. The first-order valence-electron chi connectivity index (χ1n) is 7.38. The first kappa shape index (κ1) is 15.2. The summed E-state index contributed by atoms with van der Waals surface area (Å²) in [7, 11) is 5.31. The molecule has 0 fully saturated rings. The minimum Gasteiger partial charge on any atom is -0.348 e. The van der Waals surface area contributed by atoms with Crippen LogP contribution in [0.15, 0.2) is 4.79 Å². The number of likely N-dealkylation sites (N-methyl/N-ethyl adjacent to an activating group) is 2. The number of rotatable bonds is 4. The van der Waals surface area contributed by atoms with Crippen molar-refractivity contribution >= 4 is 27.5 Å². The molecule has 0 atom stereocenters. The largest absolute Gasteiger partial charge is 0.348 e. The third-order valence-corrected chi connectivity index (χ3v) is 5.13. The molecule has 0 aliphatic heterocycles. The number of aromatic nitrogens is 2. The minimum atomic E-state index is -0.0493. The molecule has 0 saturated carbocycles. The van der Waals surface area contributed by atoms with Crippen molar-refractivity contribution in [1.82, 2.24) is 19.8 Å². The van der Waals surface area contributed by atoms with E-state index in [-0.39, 0.29) is 11.5 Å². The van der Waals surface area contributed by atoms with Crippen molar-refractivity contribution in [2.24, 2.45) is 0 Å². The summed E-state index contributed by atoms with van der Waals surface area (Å²) in [5.74, 6) is 0.646. The third-order valence-electron chi connectivity index (χ3n) is 3.95. The van der Waals surface area contributed by atoms with Crippen molar-refractivity contribution in [1.29, 1.82) is 0 Å². The van der Waals surface area contributed by atoms with E-state index in [1.165, 1.54) is 10.4 Å². The fourth-order valence-electron chi connectivity index (χ4n) is 2.81. The Balaban J connectivity index is 1.84. The predicted molar refractivity (Wildman–Crippen MR) is 87.3 cm³/mol. The summed E-state index contributed by atoms with van der Waals surface area (Å²) >= 11 is 1.64. The van der Waals surface area contributed by atoms with Crippen LogP contribution in [0.25, 0.3) is 10.2 Å². The van der Waals surface area contributed by atoms with Gasteiger partial charge in [0, 0.05) is 19.0 Å². The highest BCUT2D eigenvalue weighted by Gasteiger charge is 2.21. The lowest BCUT2D eigenvalue weighted by atomic mass is 10.2. The maximum Gasteiger partial charge on any atom is 0.259 e. The van der Waals surface area contributed by atoms with Crippen molar-refractivity contribution in [3.63, 3.8) is 0 Å². The van der Waals surface area contributed by atoms with Crippen molar-refractivity contribution in [3.05, 3.63) is 26.6 Å². The smallest absolute Gasteiger partial charge is 0.259 e. The van der Waals surface area contributed by atoms with Crippen LogP contribution < -0.4 is 5.56 Å². The lowest BCUT2D eigenvalue weighted by molar-refractivity contribution is -0.129. The number of nitrogens with one attached hydrogen (secondary N) is 1. The van der Waals surface area contributed by atoms with Crippen LogP contribution in [0.2, 0.25) is 0 Å². The molecule has 1 aliphatic carbocycles. The molecule has 3 rings (SSSR count). The van der Waals surface area contributed by atoms with Gasteiger partial charge in [-0.25, -0.2) is 4.98 Å². The van der Waals surface area contributed by atoms with E-state index in [1.54, 1.807) is 30.3 Å². The second-order valence-corrected chi connectivity index (χ2v) is 7.09. The summed E-state index contributed by atoms with van der Waals surface area (Å²) in [4.78, 5) is 37.1. The molecule has 0 aromatic carbocycles. The highest BCUT2D eigenvalue weighted by molar-refractivity contribution is 7.18. The third kappa shape index (κ3) is 2.78. The quantitative estimate of drug-likeness (QED) is 0.912. The molecule has 6 nitrogen and oxygen atoms in total. The van der Waals surface area contributed by atoms with E-state index in [2.05, 4.69) is 9.97 Å². The van der Waals surface area contributed by atoms with Crippen LogP contribution >= 0.6 is 11.3 Å². The van der Waals surface area contributed by atoms with Crippen molar-refractivity contribution in [3.8, 4) is 0 Å². The van der Waals surface area contributed by atoms with E-state index in [0.717, 1.165) is 29.5 Å². The van der Waals surface area contributed by atoms with Gasteiger partial charge < -0.3 is 9.88 Å². The van der Waals surface area contributed by atoms with Gasteiger partial charge in [0.05, 0.1) is 18.5 Å². The topological polar surface area (TPSA) is 69.3 Å². The normalized spacial score (nSPS) is 13.8. The fourth-order valence-corrected chi connectivity index (χ4v) is 4.09. The molecule has 7 heteroatoms. The fraction of sp³-hybridized carbons (Fsp3) is 0.533. The monoisotopic (exact) mass is 320 g/mol. The van der Waals surface area contributed by atoms with Crippen LogP contribution in [0.3, 0.4) is 0 Å². The molecule has 2 aromatic heterocycles. The Hall–Kier alpha value is -1.73. The van der Waals surface area contributed by atoms with Crippen LogP contribution in [0.4, 0.5) is 0 Å². The van der Waals surface area contributed by atoms with Crippen LogP contribution in [0, 0.1) is 0 Å². The van der Waals surface area contributed by atoms with E-state index < -0.39 is 0 Å². The van der Waals surface area contributed by atoms with E-state index >= 15 is 0 Å². The van der Waals surface area contributed by atoms with Gasteiger partial charge in [-0.15, -0.1) is 11.3 Å². The van der Waals surface area contributed by atoms with Crippen molar-refractivity contribution in [2.45, 2.75) is 25.8 Å². The van der Waals surface area contributed by atoms with Gasteiger partial charge in [-0.2, -0.15) is 0 Å². The number of carbonyl (C=O) groups excluding carboxylic acids is 1. The second-order valence-electron chi connectivity index (χ2n) is 6.01. The second kappa shape index (κ2) is 5.81. The molecule has 1 aliphatic rings. The summed E-state index contributed by atoms with van der Waals surface area (Å²) in [6.45, 7) is 0.753. The molecule has 0 bridgehead atoms. The average Bonchev–Trinajstić information content (AvgIpc) is 2.97. The Bertz CT molecular complexity index is 778. The van der Waals surface area contributed by atoms with Gasteiger partial charge in [-0.1, -0.05) is 0 Å². The lowest BCUT2D eigenvalue weighted by Crippen LogP contribution is -2.34. The maximum absolute atomic E-state index is 12.3. The van der Waals surface area contributed by atoms with Gasteiger partial charge in [0.15, 0.2) is 0 Å². The van der Waals surface area contributed by atoms with Crippen LogP contribution in [0.5, 0.6) is 0 Å². The summed E-state index contributed by atoms with van der Waals surface area (Å²) in [6.07, 6.45) is 3.17. The van der Waals surface area contributed by atoms with Gasteiger partial charge >= 0.3 is 0 Å². The van der Waals surface area contributed by atoms with Crippen LogP contribution in [-0.4, -0.2) is 53.4 Å². The number of aromatic amines is 1. The van der Waals surface area contributed by atoms with Crippen molar-refractivity contribution in [2.75, 3.05) is 27.7 Å². The minimum absolute atomic E-state index is 0.0287. The van der Waals surface area contributed by atoms with E-state index in [1.807, 2.05) is 11.9 Å². The lowest BCUT2D eigenvalue weighted by Gasteiger charge is -2.18. The Morgan fingerprint density at radius 1 is 1.32 bits per heavy atom. The number of amides is 1. The van der Waals surface area contributed by atoms with E-state index in [4.69, 9.17) is 0 Å². The van der Waals surface area contributed by atoms with Gasteiger partial charge in [0.25, 0.3) is 5.56 Å². The zero-order valence-corrected chi connectivity index (χ0v) is 13.9. The molecule has 1 amide bonds. The maximum atomic E-state index is 12.3. The molecule has 2 aromatic rings. The number of aryl methyl sites for hydroxylation is 2. The first-order chi connectivity index (χ1) is 10.5. The molecular formula is C15H20N4O2S.